The van der Waals surface area contributed by atoms with Gasteiger partial charge >= 0.3 is 0 Å². The van der Waals surface area contributed by atoms with Crippen LogP contribution in [0.3, 0.4) is 0 Å². The highest BCUT2D eigenvalue weighted by atomic mass is 16.5. The topological polar surface area (TPSA) is 247 Å². The average molecular weight is 769 g/mol. The summed E-state index contributed by atoms with van der Waals surface area (Å²) in [5.74, 6) is -2.57. The Morgan fingerprint density at radius 1 is 0.982 bits per heavy atom. The number of nitrogens with two attached hydrogens (primary N) is 3. The molecule has 0 radical (unpaired) electrons. The number of ketones is 3. The lowest BCUT2D eigenvalue weighted by molar-refractivity contribution is -0.142. The molecule has 0 aliphatic carbocycles. The van der Waals surface area contributed by atoms with Crippen LogP contribution in [0.4, 0.5) is 0 Å². The largest absolute Gasteiger partial charge is 0.492 e. The summed E-state index contributed by atoms with van der Waals surface area (Å²) in [6.07, 6.45) is 1.13. The predicted molar refractivity (Wildman–Crippen MR) is 208 cm³/mol. The van der Waals surface area contributed by atoms with Crippen molar-refractivity contribution >= 4 is 29.2 Å². The Kier molecular flexibility index (Phi) is 15.7. The van der Waals surface area contributed by atoms with Crippen molar-refractivity contribution in [2.24, 2.45) is 29.0 Å². The number of fused-ring (bicyclic) bond motifs is 5. The summed E-state index contributed by atoms with van der Waals surface area (Å²) in [7, 11) is 1.49. The van der Waals surface area contributed by atoms with E-state index in [9.17, 15) is 29.2 Å². The SMILES string of the molecule is Cc1ncc(C(=O)C[C@@H](CCN)C(=O)N(C)[C@@H]2C(=O)C[C@@H](C)C(=O)N[C@H](C(=O)CCC#N)Cc3ccc(OCCN)c(c3)-c3cc2ccc3OCCN)c(C)n1. The van der Waals surface area contributed by atoms with E-state index in [1.54, 1.807) is 51.1 Å². The van der Waals surface area contributed by atoms with Crippen LogP contribution in [-0.2, 0) is 25.6 Å². The molecule has 15 nitrogen and oxygen atoms in total. The molecule has 0 saturated carbocycles. The minimum absolute atomic E-state index is 0.0256. The number of hydrogen-bond acceptors (Lipinski definition) is 13. The molecule has 15 heteroatoms. The summed E-state index contributed by atoms with van der Waals surface area (Å²) in [6.45, 7) is 5.89. The number of carbonyl (C=O) groups is 5. The Morgan fingerprint density at radius 2 is 1.64 bits per heavy atom. The number of likely N-dealkylation sites (N-methyl/N-ethyl adjacent to an activating group) is 1. The molecule has 2 aromatic carbocycles. The zero-order valence-corrected chi connectivity index (χ0v) is 32.5. The highest BCUT2D eigenvalue weighted by molar-refractivity contribution is 6.00. The van der Waals surface area contributed by atoms with Gasteiger partial charge in [0.05, 0.1) is 23.4 Å². The van der Waals surface area contributed by atoms with Gasteiger partial charge in [0.25, 0.3) is 0 Å². The molecule has 0 saturated heterocycles. The molecule has 0 fully saturated rings. The van der Waals surface area contributed by atoms with Crippen molar-refractivity contribution < 1.29 is 33.4 Å². The van der Waals surface area contributed by atoms with E-state index >= 15 is 0 Å². The van der Waals surface area contributed by atoms with Crippen LogP contribution < -0.4 is 32.0 Å². The van der Waals surface area contributed by atoms with Crippen molar-refractivity contribution in [1.82, 2.24) is 20.2 Å². The van der Waals surface area contributed by atoms with Gasteiger partial charge in [-0.3, -0.25) is 24.0 Å². The molecule has 1 aliphatic rings. The van der Waals surface area contributed by atoms with Gasteiger partial charge in [-0.25, -0.2) is 9.97 Å². The van der Waals surface area contributed by atoms with Crippen LogP contribution in [0.2, 0.25) is 0 Å². The lowest BCUT2D eigenvalue weighted by Crippen LogP contribution is -2.46. The maximum Gasteiger partial charge on any atom is 0.226 e. The molecule has 56 heavy (non-hydrogen) atoms. The molecule has 2 heterocycles. The van der Waals surface area contributed by atoms with Gasteiger partial charge in [-0.2, -0.15) is 5.26 Å². The Bertz CT molecular complexity index is 1960. The van der Waals surface area contributed by atoms with E-state index in [2.05, 4.69) is 15.3 Å². The van der Waals surface area contributed by atoms with Crippen molar-refractivity contribution in [2.75, 3.05) is 39.9 Å². The van der Waals surface area contributed by atoms with Gasteiger partial charge in [0.15, 0.2) is 17.3 Å². The molecule has 4 bridgehead atoms. The summed E-state index contributed by atoms with van der Waals surface area (Å²) in [4.78, 5) is 79.3. The quantitative estimate of drug-likeness (QED) is 0.153. The first-order chi connectivity index (χ1) is 26.8. The number of nitriles is 1. The zero-order chi connectivity index (χ0) is 40.9. The standard InChI is InChI=1S/C41H52N8O7/c1-24-18-36(52)39(49(4)41(54)29(11-13-43)22-35(51)32-23-46-26(3)47-25(32)2)28-8-10-38(56-17-15-45)31(21-28)30-19-27(7-9-37(30)55-16-14-44)20-33(48-40(24)53)34(50)6-5-12-42/h7-10,19,21,23-24,29,33,39H,5-6,11,13-18,20,22,43-45H2,1-4H3,(H,48,53)/t24-,29-,33+,39+/m1/s1. The zero-order valence-electron chi connectivity index (χ0n) is 32.5. The summed E-state index contributed by atoms with van der Waals surface area (Å²) in [6, 6.07) is 10.2. The number of aryl methyl sites for hydroxylation is 2. The van der Waals surface area contributed by atoms with E-state index < -0.39 is 41.5 Å². The monoisotopic (exact) mass is 768 g/mol. The van der Waals surface area contributed by atoms with Crippen LogP contribution in [0.1, 0.15) is 78.1 Å². The number of amides is 2. The number of carbonyl (C=O) groups excluding carboxylic acids is 5. The molecule has 2 amide bonds. The number of aromatic nitrogens is 2. The van der Waals surface area contributed by atoms with Gasteiger partial charge in [-0.05, 0) is 68.6 Å². The molecule has 298 valence electrons. The molecule has 4 rings (SSSR count). The number of nitrogens with one attached hydrogen (secondary N) is 1. The van der Waals surface area contributed by atoms with E-state index in [-0.39, 0.29) is 82.9 Å². The van der Waals surface area contributed by atoms with E-state index in [0.717, 1.165) is 0 Å². The number of benzene rings is 2. The van der Waals surface area contributed by atoms with E-state index in [0.29, 0.717) is 50.8 Å². The Hall–Kier alpha value is -5.56. The third kappa shape index (κ3) is 10.8. The second-order valence-electron chi connectivity index (χ2n) is 14.0. The first-order valence-electron chi connectivity index (χ1n) is 18.8. The fraction of sp³-hybridized carbons (Fsp3) is 0.463. The van der Waals surface area contributed by atoms with Crippen molar-refractivity contribution in [3.05, 3.63) is 70.8 Å². The Balaban J connectivity index is 1.89. The van der Waals surface area contributed by atoms with Crippen LogP contribution in [-0.4, -0.2) is 90.0 Å². The van der Waals surface area contributed by atoms with E-state index in [1.165, 1.54) is 18.1 Å². The molecule has 0 unspecified atom stereocenters. The third-order valence-corrected chi connectivity index (χ3v) is 9.72. The molecule has 7 N–H and O–H groups in total. The van der Waals surface area contributed by atoms with Crippen molar-refractivity contribution in [2.45, 2.75) is 71.4 Å². The number of nitrogens with zero attached hydrogens (tertiary/aromatic N) is 4. The van der Waals surface area contributed by atoms with Gasteiger partial charge in [0, 0.05) is 75.0 Å². The Morgan fingerprint density at radius 3 is 2.27 bits per heavy atom. The van der Waals surface area contributed by atoms with E-state index in [4.69, 9.17) is 26.7 Å². The fourth-order valence-electron chi connectivity index (χ4n) is 6.83. The molecular weight excluding hydrogens is 716 g/mol. The molecule has 1 aromatic heterocycles. The molecule has 4 atom stereocenters. The van der Waals surface area contributed by atoms with Crippen molar-refractivity contribution in [3.8, 4) is 28.7 Å². The highest BCUT2D eigenvalue weighted by Gasteiger charge is 2.36. The fourth-order valence-corrected chi connectivity index (χ4v) is 6.83. The number of Topliss-reactive ketones (excluding diaryl/α,β-unsaturated/α-hetero) is 3. The minimum Gasteiger partial charge on any atom is -0.492 e. The van der Waals surface area contributed by atoms with Crippen LogP contribution in [0.5, 0.6) is 11.5 Å². The maximum absolute atomic E-state index is 14.5. The minimum atomic E-state index is -1.22. The van der Waals surface area contributed by atoms with Gasteiger partial charge in [-0.15, -0.1) is 0 Å². The summed E-state index contributed by atoms with van der Waals surface area (Å²) in [5.41, 5.74) is 20.5. The lowest BCUT2D eigenvalue weighted by Gasteiger charge is -2.32. The molecule has 3 aromatic rings. The van der Waals surface area contributed by atoms with E-state index in [1.807, 2.05) is 12.1 Å². The van der Waals surface area contributed by atoms with Crippen molar-refractivity contribution in [3.63, 3.8) is 0 Å². The number of rotatable bonds is 16. The first-order valence-corrected chi connectivity index (χ1v) is 18.8. The molecule has 1 aliphatic heterocycles. The predicted octanol–water partition coefficient (Wildman–Crippen LogP) is 2.68. The second kappa shape index (κ2) is 20.4. The first kappa shape index (κ1) is 43.2. The lowest BCUT2D eigenvalue weighted by atomic mass is 9.88. The van der Waals surface area contributed by atoms with Crippen molar-refractivity contribution in [1.29, 1.82) is 5.26 Å². The maximum atomic E-state index is 14.5. The number of ether oxygens (including phenoxy) is 2. The molecule has 0 spiro atoms. The van der Waals surface area contributed by atoms with Crippen LogP contribution >= 0.6 is 0 Å². The van der Waals surface area contributed by atoms with Gasteiger partial charge in [0.2, 0.25) is 11.8 Å². The van der Waals surface area contributed by atoms with Crippen LogP contribution in [0.15, 0.2) is 42.6 Å². The smallest absolute Gasteiger partial charge is 0.226 e. The van der Waals surface area contributed by atoms with Gasteiger partial charge in [0.1, 0.15) is 36.6 Å². The highest BCUT2D eigenvalue weighted by Crippen LogP contribution is 2.41. The number of hydrogen-bond donors (Lipinski definition) is 4. The van der Waals surface area contributed by atoms with Crippen LogP contribution in [0.25, 0.3) is 11.1 Å². The van der Waals surface area contributed by atoms with Gasteiger partial charge in [-0.1, -0.05) is 19.1 Å². The summed E-state index contributed by atoms with van der Waals surface area (Å²) >= 11 is 0. The normalized spacial score (nSPS) is 17.5. The van der Waals surface area contributed by atoms with Crippen LogP contribution in [0, 0.1) is 37.0 Å². The summed E-state index contributed by atoms with van der Waals surface area (Å²) < 4.78 is 12.2. The average Bonchev–Trinajstić information content (AvgIpc) is 3.17. The van der Waals surface area contributed by atoms with Gasteiger partial charge < -0.3 is 36.9 Å². The summed E-state index contributed by atoms with van der Waals surface area (Å²) in [5, 5.41) is 12.0. The molecular formula is C41H52N8O7. The Labute approximate surface area is 327 Å². The second-order valence-corrected chi connectivity index (χ2v) is 14.0. The third-order valence-electron chi connectivity index (χ3n) is 9.72.